The quantitative estimate of drug-likeness (QED) is 0.118. The van der Waals surface area contributed by atoms with Crippen molar-refractivity contribution in [3.63, 3.8) is 0 Å². The van der Waals surface area contributed by atoms with E-state index < -0.39 is 110 Å². The number of imidazole rings is 1. The normalized spacial score (nSPS) is 17.8. The van der Waals surface area contributed by atoms with E-state index in [2.05, 4.69) is 23.4 Å². The van der Waals surface area contributed by atoms with Gasteiger partial charge in [-0.1, -0.05) is 147 Å². The van der Waals surface area contributed by atoms with E-state index in [4.69, 9.17) is 34.9 Å². The van der Waals surface area contributed by atoms with Crippen molar-refractivity contribution in [1.29, 1.82) is 0 Å². The number of aromatic nitrogens is 4. The van der Waals surface area contributed by atoms with E-state index in [-0.39, 0.29) is 71.8 Å². The monoisotopic (exact) mass is 965 g/mol. The van der Waals surface area contributed by atoms with Crippen LogP contribution in [0.1, 0.15) is 61.8 Å². The van der Waals surface area contributed by atoms with Crippen molar-refractivity contribution >= 4 is 32.8 Å². The molecule has 0 N–H and O–H groups in total. The molecule has 0 aliphatic rings. The molecule has 290 valence electrons. The number of ether oxygens (including phenoxy) is 1. The van der Waals surface area contributed by atoms with Crippen LogP contribution in [0.2, 0.25) is 0 Å². The predicted molar refractivity (Wildman–Crippen MR) is 234 cm³/mol. The van der Waals surface area contributed by atoms with Crippen LogP contribution in [0, 0.1) is 25.3 Å². The Bertz CT molecular complexity index is 4100. The molecule has 0 fully saturated rings. The molecule has 10 rings (SSSR count). The van der Waals surface area contributed by atoms with Gasteiger partial charge in [-0.25, -0.2) is 4.98 Å². The zero-order valence-electron chi connectivity index (χ0n) is 52.4. The van der Waals surface area contributed by atoms with Crippen LogP contribution in [0.15, 0.2) is 170 Å². The van der Waals surface area contributed by atoms with E-state index in [1.54, 1.807) is 71.3 Å². The molecule has 0 spiro atoms. The van der Waals surface area contributed by atoms with E-state index in [1.807, 2.05) is 12.1 Å². The fourth-order valence-electron chi connectivity index (χ4n) is 7.14. The summed E-state index contributed by atoms with van der Waals surface area (Å²) in [5, 5.41) is 1.37. The molecule has 5 nitrogen and oxygen atoms in total. The second kappa shape index (κ2) is 15.3. The minimum absolute atomic E-state index is 0. The molecule has 0 aliphatic heterocycles. The Balaban J connectivity index is 0.00000792. The number of para-hydroxylation sites is 4. The SMILES string of the molecule is [2H]c1c([2H])c([2H])c(-c2cnc(-n3c4[c-]c(Oc5[c-]c(-n6[c-][n+](-c7c(-c8c([2H])c([2H])c([2H])c([2H])c8[2H])cccc7C(C([2H])([2H])[2H])(C([2H])([2H])[2H])C([2H])([2H])[2H])c7ccccc76)ccc5)ccc4c4ccccc43)cc2C([2H])([2H])[2H])c([2H])c1[2H].[Pt]. The molecule has 0 radical (unpaired) electrons. The summed E-state index contributed by atoms with van der Waals surface area (Å²) in [5.41, 5.74) is -4.85. The number of rotatable bonds is 7. The number of nitrogens with zero attached hydrogens (tertiary/aromatic N) is 4. The first-order valence-corrected chi connectivity index (χ1v) is 17.8. The second-order valence-electron chi connectivity index (χ2n) is 13.2. The number of benzene rings is 7. The van der Waals surface area contributed by atoms with Gasteiger partial charge in [0.2, 0.25) is 0 Å². The van der Waals surface area contributed by atoms with Gasteiger partial charge >= 0.3 is 0 Å². The first-order chi connectivity index (χ1) is 37.4. The van der Waals surface area contributed by atoms with E-state index in [9.17, 15) is 0 Å². The second-order valence-corrected chi connectivity index (χ2v) is 13.2. The molecule has 3 heterocycles. The Kier molecular flexibility index (Phi) is 5.30. The molecular formula is C53H40N4OPt-2. The van der Waals surface area contributed by atoms with Crippen LogP contribution in [0.5, 0.6) is 11.5 Å². The summed E-state index contributed by atoms with van der Waals surface area (Å²) in [6.45, 7) is -14.2. The molecule has 7 aromatic carbocycles. The largest absolute Gasteiger partial charge is 0.510 e. The molecule has 10 aromatic rings. The molecule has 59 heavy (non-hydrogen) atoms. The molecule has 0 saturated carbocycles. The van der Waals surface area contributed by atoms with E-state index in [0.29, 0.717) is 21.9 Å². The van der Waals surface area contributed by atoms with Gasteiger partial charge in [0, 0.05) is 66.3 Å². The van der Waals surface area contributed by atoms with Crippen molar-refractivity contribution in [3.05, 3.63) is 199 Å². The summed E-state index contributed by atoms with van der Waals surface area (Å²) in [4.78, 5) is 4.62. The Hall–Kier alpha value is -6.55. The number of pyridine rings is 1. The zero-order chi connectivity index (χ0) is 58.1. The van der Waals surface area contributed by atoms with Gasteiger partial charge in [-0.2, -0.15) is 18.2 Å². The maximum atomic E-state index is 8.97. The summed E-state index contributed by atoms with van der Waals surface area (Å²) < 4.78 is 200. The summed E-state index contributed by atoms with van der Waals surface area (Å²) in [5.74, 6) is 0.315. The van der Waals surface area contributed by atoms with Gasteiger partial charge in [-0.05, 0) is 63.3 Å². The number of hydrogen-bond donors (Lipinski definition) is 0. The summed E-state index contributed by atoms with van der Waals surface area (Å²) in [6, 6.07) is 26.1. The zero-order valence-corrected chi connectivity index (χ0v) is 32.7. The van der Waals surface area contributed by atoms with Crippen molar-refractivity contribution in [1.82, 2.24) is 14.1 Å². The fourth-order valence-corrected chi connectivity index (χ4v) is 7.14. The molecular weight excluding hydrogens is 904 g/mol. The molecule has 0 unspecified atom stereocenters. The van der Waals surface area contributed by atoms with Gasteiger partial charge < -0.3 is 13.9 Å². The molecule has 0 bridgehead atoms. The minimum atomic E-state index is -3.79. The molecule has 0 atom stereocenters. The van der Waals surface area contributed by atoms with Gasteiger partial charge in [-0.3, -0.25) is 4.57 Å². The smallest absolute Gasteiger partial charge is 0.268 e. The average molecular weight is 966 g/mol. The fraction of sp³-hybridized carbons (Fsp3) is 0.0943. The van der Waals surface area contributed by atoms with Crippen LogP contribution in [-0.2, 0) is 26.5 Å². The van der Waals surface area contributed by atoms with Gasteiger partial charge in [0.1, 0.15) is 5.82 Å². The average Bonchev–Trinajstić information content (AvgIpc) is 4.09. The van der Waals surface area contributed by atoms with Crippen molar-refractivity contribution in [2.24, 2.45) is 0 Å². The summed E-state index contributed by atoms with van der Waals surface area (Å²) >= 11 is 0. The van der Waals surface area contributed by atoms with Crippen LogP contribution >= 0.6 is 0 Å². The maximum Gasteiger partial charge on any atom is 0.268 e. The Morgan fingerprint density at radius 1 is 0.695 bits per heavy atom. The predicted octanol–water partition coefficient (Wildman–Crippen LogP) is 12.5. The first-order valence-electron chi connectivity index (χ1n) is 28.8. The Labute approximate surface area is 390 Å². The topological polar surface area (TPSA) is 35.9 Å². The Morgan fingerprint density at radius 2 is 1.41 bits per heavy atom. The van der Waals surface area contributed by atoms with Gasteiger partial charge in [0.05, 0.1) is 30.4 Å². The first kappa shape index (κ1) is 20.4. The minimum Gasteiger partial charge on any atom is -0.510 e. The molecule has 3 aromatic heterocycles. The van der Waals surface area contributed by atoms with E-state index in [0.717, 1.165) is 17.6 Å². The molecule has 0 amide bonds. The Morgan fingerprint density at radius 3 is 2.19 bits per heavy atom. The van der Waals surface area contributed by atoms with Crippen molar-refractivity contribution in [2.75, 3.05) is 0 Å². The van der Waals surface area contributed by atoms with Crippen LogP contribution in [-0.4, -0.2) is 14.1 Å². The van der Waals surface area contributed by atoms with Crippen LogP contribution in [0.3, 0.4) is 0 Å². The molecule has 0 aliphatic carbocycles. The van der Waals surface area contributed by atoms with Crippen LogP contribution < -0.4 is 9.30 Å². The van der Waals surface area contributed by atoms with Crippen molar-refractivity contribution in [2.45, 2.75) is 32.8 Å². The maximum absolute atomic E-state index is 8.97. The van der Waals surface area contributed by atoms with Crippen LogP contribution in [0.4, 0.5) is 0 Å². The number of aryl methyl sites for hydroxylation is 1. The van der Waals surface area contributed by atoms with Crippen LogP contribution in [0.25, 0.3) is 72.3 Å². The molecule has 0 saturated heterocycles. The third-order valence-electron chi connectivity index (χ3n) is 9.66. The van der Waals surface area contributed by atoms with E-state index in [1.165, 1.54) is 27.3 Å². The van der Waals surface area contributed by atoms with Gasteiger partial charge in [0.15, 0.2) is 0 Å². The third-order valence-corrected chi connectivity index (χ3v) is 9.66. The number of hydrogen-bond acceptors (Lipinski definition) is 2. The third kappa shape index (κ3) is 6.86. The molecule has 6 heteroatoms. The summed E-state index contributed by atoms with van der Waals surface area (Å²) in [6.07, 6.45) is 4.28. The van der Waals surface area contributed by atoms with Crippen molar-refractivity contribution in [3.8, 4) is 50.9 Å². The van der Waals surface area contributed by atoms with Gasteiger partial charge in [0.25, 0.3) is 6.33 Å². The standard InChI is InChI=1S/C53H40N4O.Pt/c1-36-31-51(54-34-45(36)38-19-9-6-10-20-38)57-47-26-12-11-23-43(47)44-30-29-41(33-50(44)57)58-40-22-15-21-39(32-40)55-35-56(49-28-14-13-27-48(49)55)52-42(37-17-7-5-8-18-37)24-16-25-46(52)53(2,3)4;/h5-31,34H,1-4H3;/q-2;/i1D3,2D3,3D3,4D3,5D,6D,7D,8D,9D,10D,17D,18D,19D,20D;. The van der Waals surface area contributed by atoms with Gasteiger partial charge in [-0.15, -0.1) is 29.7 Å². The van der Waals surface area contributed by atoms with Crippen molar-refractivity contribution < 1.29 is 60.5 Å². The summed E-state index contributed by atoms with van der Waals surface area (Å²) in [7, 11) is 0. The number of fused-ring (bicyclic) bond motifs is 4. The van der Waals surface area contributed by atoms with E-state index >= 15 is 0 Å².